The first-order valence-electron chi connectivity index (χ1n) is 6.85. The van der Waals surface area contributed by atoms with Crippen molar-refractivity contribution in [2.45, 2.75) is 45.2 Å². The lowest BCUT2D eigenvalue weighted by atomic mass is 9.80. The van der Waals surface area contributed by atoms with Gasteiger partial charge in [-0.15, -0.1) is 0 Å². The smallest absolute Gasteiger partial charge is 0.239 e. The molecule has 102 valence electrons. The summed E-state index contributed by atoms with van der Waals surface area (Å²) in [7, 11) is 0. The molecule has 0 spiro atoms. The molecule has 5 heteroatoms. The highest BCUT2D eigenvalue weighted by molar-refractivity contribution is 5.86. The zero-order chi connectivity index (χ0) is 13.1. The molecule has 1 heterocycles. The summed E-state index contributed by atoms with van der Waals surface area (Å²) >= 11 is 0. The Bertz CT molecular complexity index is 312. The first-order valence-corrected chi connectivity index (χ1v) is 6.85. The zero-order valence-electron chi connectivity index (χ0n) is 11.2. The summed E-state index contributed by atoms with van der Waals surface area (Å²) in [5.74, 6) is 1.33. The van der Waals surface area contributed by atoms with Crippen LogP contribution in [0.15, 0.2) is 0 Å². The van der Waals surface area contributed by atoms with Crippen molar-refractivity contribution in [2.24, 2.45) is 11.8 Å². The third-order valence-electron chi connectivity index (χ3n) is 3.85. The van der Waals surface area contributed by atoms with Crippen molar-refractivity contribution in [3.05, 3.63) is 0 Å². The van der Waals surface area contributed by atoms with Crippen LogP contribution in [0.3, 0.4) is 0 Å². The van der Waals surface area contributed by atoms with E-state index >= 15 is 0 Å². The van der Waals surface area contributed by atoms with Crippen molar-refractivity contribution in [3.63, 3.8) is 0 Å². The van der Waals surface area contributed by atoms with Crippen molar-refractivity contribution in [3.8, 4) is 0 Å². The van der Waals surface area contributed by atoms with Gasteiger partial charge in [0, 0.05) is 12.6 Å². The Morgan fingerprint density at radius 3 is 2.44 bits per heavy atom. The highest BCUT2D eigenvalue weighted by atomic mass is 16.2. The standard InChI is InChI=1S/C13H23N3O2/c1-8-3-9(2)5-10(4-8)16-13(18)11-6-15-12(17)7-14-11/h8-11,14H,3-7H2,1-2H3,(H,15,17)(H,16,18). The fourth-order valence-electron chi connectivity index (χ4n) is 3.12. The SMILES string of the molecule is CC1CC(C)CC(NC(=O)C2CNC(=O)CN2)C1. The molecule has 3 atom stereocenters. The summed E-state index contributed by atoms with van der Waals surface area (Å²) in [6, 6.07) is 0.00548. The molecule has 18 heavy (non-hydrogen) atoms. The molecule has 1 saturated carbocycles. The molecule has 0 aromatic carbocycles. The van der Waals surface area contributed by atoms with E-state index in [1.165, 1.54) is 6.42 Å². The van der Waals surface area contributed by atoms with Gasteiger partial charge in [-0.3, -0.25) is 14.9 Å². The third-order valence-corrected chi connectivity index (χ3v) is 3.85. The Hall–Kier alpha value is -1.10. The molecule has 2 amide bonds. The molecule has 1 aliphatic carbocycles. The number of piperazine rings is 1. The Balaban J connectivity index is 1.81. The first kappa shape index (κ1) is 13.3. The number of hydrogen-bond acceptors (Lipinski definition) is 3. The van der Waals surface area contributed by atoms with Crippen LogP contribution in [0.25, 0.3) is 0 Å². The van der Waals surface area contributed by atoms with Crippen molar-refractivity contribution in [1.82, 2.24) is 16.0 Å². The highest BCUT2D eigenvalue weighted by Gasteiger charge is 2.29. The van der Waals surface area contributed by atoms with Crippen LogP contribution in [0.2, 0.25) is 0 Å². The van der Waals surface area contributed by atoms with Crippen LogP contribution in [-0.2, 0) is 9.59 Å². The van der Waals surface area contributed by atoms with E-state index in [-0.39, 0.29) is 30.4 Å². The topological polar surface area (TPSA) is 70.2 Å². The summed E-state index contributed by atoms with van der Waals surface area (Å²) in [5, 5.41) is 8.77. The molecule has 2 rings (SSSR count). The average Bonchev–Trinajstić information content (AvgIpc) is 2.28. The summed E-state index contributed by atoms with van der Waals surface area (Å²) in [6.45, 7) is 5.11. The van der Waals surface area contributed by atoms with Crippen molar-refractivity contribution in [2.75, 3.05) is 13.1 Å². The number of hydrogen-bond donors (Lipinski definition) is 3. The van der Waals surface area contributed by atoms with Gasteiger partial charge in [-0.25, -0.2) is 0 Å². The predicted molar refractivity (Wildman–Crippen MR) is 68.9 cm³/mol. The molecule has 5 nitrogen and oxygen atoms in total. The first-order chi connectivity index (χ1) is 8.54. The summed E-state index contributed by atoms with van der Waals surface area (Å²) in [5.41, 5.74) is 0. The zero-order valence-corrected chi connectivity index (χ0v) is 11.2. The van der Waals surface area contributed by atoms with Crippen LogP contribution >= 0.6 is 0 Å². The van der Waals surface area contributed by atoms with Gasteiger partial charge < -0.3 is 10.6 Å². The van der Waals surface area contributed by atoms with E-state index in [1.807, 2.05) is 0 Å². The van der Waals surface area contributed by atoms with Gasteiger partial charge in [0.25, 0.3) is 0 Å². The van der Waals surface area contributed by atoms with E-state index in [0.29, 0.717) is 18.4 Å². The van der Waals surface area contributed by atoms with Gasteiger partial charge in [-0.05, 0) is 31.1 Å². The number of nitrogens with one attached hydrogen (secondary N) is 3. The lowest BCUT2D eigenvalue weighted by Gasteiger charge is -2.33. The van der Waals surface area contributed by atoms with Crippen LogP contribution in [-0.4, -0.2) is 37.0 Å². The Labute approximate surface area is 108 Å². The van der Waals surface area contributed by atoms with Gasteiger partial charge in [0.1, 0.15) is 6.04 Å². The Morgan fingerprint density at radius 2 is 1.89 bits per heavy atom. The van der Waals surface area contributed by atoms with E-state index in [2.05, 4.69) is 29.8 Å². The van der Waals surface area contributed by atoms with Crippen LogP contribution in [0, 0.1) is 11.8 Å². The molecule has 3 unspecified atom stereocenters. The maximum atomic E-state index is 12.1. The minimum Gasteiger partial charge on any atom is -0.353 e. The molecule has 0 aromatic rings. The summed E-state index contributed by atoms with van der Waals surface area (Å²) in [4.78, 5) is 23.1. The van der Waals surface area contributed by atoms with E-state index in [9.17, 15) is 9.59 Å². The van der Waals surface area contributed by atoms with Crippen LogP contribution in [0.5, 0.6) is 0 Å². The van der Waals surface area contributed by atoms with Gasteiger partial charge in [0.05, 0.1) is 6.54 Å². The lowest BCUT2D eigenvalue weighted by Crippen LogP contribution is -2.59. The van der Waals surface area contributed by atoms with Gasteiger partial charge >= 0.3 is 0 Å². The minimum atomic E-state index is -0.282. The van der Waals surface area contributed by atoms with Crippen LogP contribution in [0.1, 0.15) is 33.1 Å². The maximum absolute atomic E-state index is 12.1. The Morgan fingerprint density at radius 1 is 1.22 bits per heavy atom. The van der Waals surface area contributed by atoms with E-state index < -0.39 is 0 Å². The van der Waals surface area contributed by atoms with E-state index in [4.69, 9.17) is 0 Å². The molecular formula is C13H23N3O2. The van der Waals surface area contributed by atoms with Gasteiger partial charge in [-0.1, -0.05) is 13.8 Å². The number of carbonyl (C=O) groups is 2. The number of rotatable bonds is 2. The fourth-order valence-corrected chi connectivity index (χ4v) is 3.12. The number of amides is 2. The van der Waals surface area contributed by atoms with Gasteiger partial charge in [0.15, 0.2) is 0 Å². The molecule has 2 fully saturated rings. The molecular weight excluding hydrogens is 230 g/mol. The van der Waals surface area contributed by atoms with Gasteiger partial charge in [0.2, 0.25) is 11.8 Å². The van der Waals surface area contributed by atoms with E-state index in [1.54, 1.807) is 0 Å². The summed E-state index contributed by atoms with van der Waals surface area (Å²) in [6.07, 6.45) is 3.38. The largest absolute Gasteiger partial charge is 0.353 e. The molecule has 0 bridgehead atoms. The molecule has 1 aliphatic heterocycles. The monoisotopic (exact) mass is 253 g/mol. The minimum absolute atomic E-state index is 0.0151. The lowest BCUT2D eigenvalue weighted by molar-refractivity contribution is -0.127. The molecule has 3 N–H and O–H groups in total. The quantitative estimate of drug-likeness (QED) is 0.649. The van der Waals surface area contributed by atoms with Crippen molar-refractivity contribution >= 4 is 11.8 Å². The fraction of sp³-hybridized carbons (Fsp3) is 0.846. The van der Waals surface area contributed by atoms with Crippen molar-refractivity contribution < 1.29 is 9.59 Å². The molecule has 2 aliphatic rings. The van der Waals surface area contributed by atoms with E-state index in [0.717, 1.165) is 12.8 Å². The average molecular weight is 253 g/mol. The second-order valence-electron chi connectivity index (χ2n) is 5.86. The number of carbonyl (C=O) groups excluding carboxylic acids is 2. The molecule has 0 radical (unpaired) electrons. The van der Waals surface area contributed by atoms with Crippen LogP contribution < -0.4 is 16.0 Å². The normalized spacial score (nSPS) is 36.9. The summed E-state index contributed by atoms with van der Waals surface area (Å²) < 4.78 is 0. The molecule has 0 aromatic heterocycles. The Kier molecular flexibility index (Phi) is 4.22. The second kappa shape index (κ2) is 5.69. The van der Waals surface area contributed by atoms with Crippen molar-refractivity contribution in [1.29, 1.82) is 0 Å². The third kappa shape index (κ3) is 3.45. The molecule has 1 saturated heterocycles. The van der Waals surface area contributed by atoms with Crippen LogP contribution in [0.4, 0.5) is 0 Å². The highest BCUT2D eigenvalue weighted by Crippen LogP contribution is 2.28. The van der Waals surface area contributed by atoms with Gasteiger partial charge in [-0.2, -0.15) is 0 Å². The maximum Gasteiger partial charge on any atom is 0.239 e. The predicted octanol–water partition coefficient (Wildman–Crippen LogP) is 0.0153. The second-order valence-corrected chi connectivity index (χ2v) is 5.86.